The van der Waals surface area contributed by atoms with Crippen molar-refractivity contribution in [3.05, 3.63) is 34.9 Å². The Morgan fingerprint density at radius 1 is 1.32 bits per heavy atom. The number of hydrogen-bond acceptors (Lipinski definition) is 2. The second kappa shape index (κ2) is 4.49. The number of carbonyl (C=O) groups is 1. The molecule has 0 aliphatic heterocycles. The molecule has 0 atom stereocenters. The second-order valence-electron chi connectivity index (χ2n) is 6.66. The third-order valence-corrected chi connectivity index (χ3v) is 4.20. The monoisotopic (exact) mass is 255 g/mol. The highest BCUT2D eigenvalue weighted by Crippen LogP contribution is 2.43. The van der Waals surface area contributed by atoms with Crippen molar-refractivity contribution in [3.8, 4) is 6.07 Å². The van der Waals surface area contributed by atoms with Crippen LogP contribution in [0.2, 0.25) is 0 Å². The Morgan fingerprint density at radius 2 is 1.95 bits per heavy atom. The average Bonchev–Trinajstić information content (AvgIpc) is 2.27. The molecule has 1 aliphatic carbocycles. The summed E-state index contributed by atoms with van der Waals surface area (Å²) in [5.74, 6) is 0.0184. The molecule has 0 aromatic heterocycles. The molecule has 19 heavy (non-hydrogen) atoms. The maximum atomic E-state index is 12.7. The van der Waals surface area contributed by atoms with Gasteiger partial charge in [0.1, 0.15) is 5.41 Å². The SMILES string of the molecule is Cc1ccc(C(C)(C)C)cc1C(=O)C1(C#N)CCC1. The van der Waals surface area contributed by atoms with Crippen molar-refractivity contribution in [3.63, 3.8) is 0 Å². The molecule has 2 nitrogen and oxygen atoms in total. The summed E-state index contributed by atoms with van der Waals surface area (Å²) in [4.78, 5) is 12.7. The lowest BCUT2D eigenvalue weighted by molar-refractivity contribution is 0.0747. The number of Topliss-reactive ketones (excluding diaryl/α,β-unsaturated/α-hetero) is 1. The number of nitriles is 1. The van der Waals surface area contributed by atoms with Crippen LogP contribution in [0.4, 0.5) is 0 Å². The molecule has 1 fully saturated rings. The Hall–Kier alpha value is -1.62. The Bertz CT molecular complexity index is 554. The Labute approximate surface area is 115 Å². The van der Waals surface area contributed by atoms with Gasteiger partial charge in [-0.15, -0.1) is 0 Å². The minimum atomic E-state index is -0.749. The van der Waals surface area contributed by atoms with Crippen LogP contribution in [-0.4, -0.2) is 5.78 Å². The lowest BCUT2D eigenvalue weighted by atomic mass is 9.65. The summed E-state index contributed by atoms with van der Waals surface area (Å²) < 4.78 is 0. The topological polar surface area (TPSA) is 40.9 Å². The molecule has 2 heteroatoms. The van der Waals surface area contributed by atoms with Gasteiger partial charge >= 0.3 is 0 Å². The summed E-state index contributed by atoms with van der Waals surface area (Å²) in [5.41, 5.74) is 2.12. The summed E-state index contributed by atoms with van der Waals surface area (Å²) in [7, 11) is 0. The molecule has 1 aliphatic rings. The molecule has 0 amide bonds. The fourth-order valence-corrected chi connectivity index (χ4v) is 2.51. The van der Waals surface area contributed by atoms with Crippen molar-refractivity contribution in [1.82, 2.24) is 0 Å². The first kappa shape index (κ1) is 13.8. The van der Waals surface area contributed by atoms with Crippen LogP contribution in [0.15, 0.2) is 18.2 Å². The standard InChI is InChI=1S/C17H21NO/c1-12-6-7-13(16(2,3)4)10-14(12)15(19)17(11-18)8-5-9-17/h6-7,10H,5,8-9H2,1-4H3. The van der Waals surface area contributed by atoms with Gasteiger partial charge in [0.2, 0.25) is 0 Å². The molecule has 0 bridgehead atoms. The third-order valence-electron chi connectivity index (χ3n) is 4.20. The van der Waals surface area contributed by atoms with E-state index in [4.69, 9.17) is 0 Å². The molecule has 0 spiro atoms. The van der Waals surface area contributed by atoms with Crippen LogP contribution >= 0.6 is 0 Å². The summed E-state index contributed by atoms with van der Waals surface area (Å²) in [6, 6.07) is 8.30. The van der Waals surface area contributed by atoms with Crippen molar-refractivity contribution < 1.29 is 4.79 Å². The van der Waals surface area contributed by atoms with E-state index < -0.39 is 5.41 Å². The van der Waals surface area contributed by atoms with E-state index in [0.717, 1.165) is 23.1 Å². The van der Waals surface area contributed by atoms with E-state index in [9.17, 15) is 10.1 Å². The second-order valence-corrected chi connectivity index (χ2v) is 6.66. The third kappa shape index (κ3) is 2.30. The van der Waals surface area contributed by atoms with E-state index in [1.54, 1.807) is 0 Å². The zero-order valence-corrected chi connectivity index (χ0v) is 12.2. The molecule has 0 unspecified atom stereocenters. The highest BCUT2D eigenvalue weighted by Gasteiger charge is 2.45. The van der Waals surface area contributed by atoms with Gasteiger partial charge in [-0.3, -0.25) is 4.79 Å². The predicted octanol–water partition coefficient (Wildman–Crippen LogP) is 4.17. The first-order valence-corrected chi connectivity index (χ1v) is 6.87. The largest absolute Gasteiger partial charge is 0.292 e. The van der Waals surface area contributed by atoms with Gasteiger partial charge in [-0.25, -0.2) is 0 Å². The molecule has 1 saturated carbocycles. The summed E-state index contributed by atoms with van der Waals surface area (Å²) in [5, 5.41) is 9.32. The first-order valence-electron chi connectivity index (χ1n) is 6.87. The molecule has 0 heterocycles. The normalized spacial score (nSPS) is 17.4. The molecule has 0 saturated heterocycles. The maximum absolute atomic E-state index is 12.7. The van der Waals surface area contributed by atoms with Crippen LogP contribution in [0.5, 0.6) is 0 Å². The Kier molecular flexibility index (Phi) is 3.26. The first-order chi connectivity index (χ1) is 8.80. The number of rotatable bonds is 2. The molecule has 100 valence electrons. The number of hydrogen-bond donors (Lipinski definition) is 0. The maximum Gasteiger partial charge on any atom is 0.183 e. The van der Waals surface area contributed by atoms with Crippen LogP contribution in [0, 0.1) is 23.7 Å². The van der Waals surface area contributed by atoms with Gasteiger partial charge < -0.3 is 0 Å². The number of aryl methyl sites for hydroxylation is 1. The molecule has 0 radical (unpaired) electrons. The fourth-order valence-electron chi connectivity index (χ4n) is 2.51. The van der Waals surface area contributed by atoms with E-state index >= 15 is 0 Å². The van der Waals surface area contributed by atoms with Crippen LogP contribution in [0.25, 0.3) is 0 Å². The minimum absolute atomic E-state index is 0.0160. The summed E-state index contributed by atoms with van der Waals surface area (Å²) >= 11 is 0. The predicted molar refractivity (Wildman–Crippen MR) is 76.1 cm³/mol. The highest BCUT2D eigenvalue weighted by molar-refractivity contribution is 6.04. The number of benzene rings is 1. The van der Waals surface area contributed by atoms with E-state index in [2.05, 4.69) is 32.9 Å². The van der Waals surface area contributed by atoms with Gasteiger partial charge in [-0.2, -0.15) is 5.26 Å². The number of nitrogens with zero attached hydrogens (tertiary/aromatic N) is 1. The summed E-state index contributed by atoms with van der Waals surface area (Å²) in [6.07, 6.45) is 2.40. The van der Waals surface area contributed by atoms with Gasteiger partial charge in [0.15, 0.2) is 5.78 Å². The van der Waals surface area contributed by atoms with Crippen molar-refractivity contribution in [2.45, 2.75) is 52.4 Å². The molecular weight excluding hydrogens is 234 g/mol. The van der Waals surface area contributed by atoms with E-state index in [0.29, 0.717) is 12.8 Å². The fraction of sp³-hybridized carbons (Fsp3) is 0.529. The van der Waals surface area contributed by atoms with Gasteiger partial charge in [0, 0.05) is 5.56 Å². The van der Waals surface area contributed by atoms with Crippen LogP contribution in [-0.2, 0) is 5.41 Å². The average molecular weight is 255 g/mol. The molecular formula is C17H21NO. The molecule has 0 N–H and O–H groups in total. The highest BCUT2D eigenvalue weighted by atomic mass is 16.1. The van der Waals surface area contributed by atoms with Crippen molar-refractivity contribution in [2.24, 2.45) is 5.41 Å². The van der Waals surface area contributed by atoms with Crippen molar-refractivity contribution in [2.75, 3.05) is 0 Å². The van der Waals surface area contributed by atoms with Crippen molar-refractivity contribution >= 4 is 5.78 Å². The van der Waals surface area contributed by atoms with Crippen LogP contribution < -0.4 is 0 Å². The lowest BCUT2D eigenvalue weighted by Gasteiger charge is -2.34. The van der Waals surface area contributed by atoms with Gasteiger partial charge in [-0.1, -0.05) is 32.9 Å². The zero-order valence-electron chi connectivity index (χ0n) is 12.2. The van der Waals surface area contributed by atoms with Gasteiger partial charge in [0.25, 0.3) is 0 Å². The lowest BCUT2D eigenvalue weighted by Crippen LogP contribution is -2.37. The Morgan fingerprint density at radius 3 is 2.37 bits per heavy atom. The molecule has 2 rings (SSSR count). The van der Waals surface area contributed by atoms with E-state index in [1.165, 1.54) is 0 Å². The number of ketones is 1. The molecule has 1 aromatic carbocycles. The smallest absolute Gasteiger partial charge is 0.183 e. The summed E-state index contributed by atoms with van der Waals surface area (Å²) in [6.45, 7) is 8.35. The zero-order chi connectivity index (χ0) is 14.3. The van der Waals surface area contributed by atoms with E-state index in [1.807, 2.05) is 19.1 Å². The Balaban J connectivity index is 2.45. The molecule has 1 aromatic rings. The van der Waals surface area contributed by atoms with Gasteiger partial charge in [-0.05, 0) is 48.8 Å². The minimum Gasteiger partial charge on any atom is -0.292 e. The van der Waals surface area contributed by atoms with E-state index in [-0.39, 0.29) is 11.2 Å². The number of carbonyl (C=O) groups excluding carboxylic acids is 1. The van der Waals surface area contributed by atoms with Crippen molar-refractivity contribution in [1.29, 1.82) is 5.26 Å². The van der Waals surface area contributed by atoms with Gasteiger partial charge in [0.05, 0.1) is 6.07 Å². The quantitative estimate of drug-likeness (QED) is 0.744. The van der Waals surface area contributed by atoms with Crippen LogP contribution in [0.3, 0.4) is 0 Å². The van der Waals surface area contributed by atoms with Crippen LogP contribution in [0.1, 0.15) is 61.5 Å².